The second-order valence-corrected chi connectivity index (χ2v) is 6.83. The van der Waals surface area contributed by atoms with E-state index in [0.717, 1.165) is 17.7 Å². The minimum absolute atomic E-state index is 0.0730. The molecule has 2 rings (SSSR count). The Hall–Kier alpha value is -2.63. The molecule has 0 aliphatic carbocycles. The van der Waals surface area contributed by atoms with Crippen LogP contribution in [0.4, 0.5) is 5.69 Å². The third kappa shape index (κ3) is 4.26. The number of aryl methyl sites for hydroxylation is 4. The molecule has 0 radical (unpaired) electrons. The van der Waals surface area contributed by atoms with Gasteiger partial charge in [-0.1, -0.05) is 13.8 Å². The minimum Gasteiger partial charge on any atom is -0.324 e. The number of anilines is 1. The Bertz CT molecular complexity index is 907. The van der Waals surface area contributed by atoms with E-state index in [1.165, 1.54) is 0 Å². The summed E-state index contributed by atoms with van der Waals surface area (Å²) in [6.07, 6.45) is 2.56. The summed E-state index contributed by atoms with van der Waals surface area (Å²) in [6, 6.07) is 3.36. The summed E-state index contributed by atoms with van der Waals surface area (Å²) in [5.74, 6) is -0.102. The lowest BCUT2D eigenvalue weighted by Crippen LogP contribution is -2.31. The molecule has 25 heavy (non-hydrogen) atoms. The molecule has 2 aromatic rings. The van der Waals surface area contributed by atoms with Crippen LogP contribution in [0.2, 0.25) is 0 Å². The van der Waals surface area contributed by atoms with E-state index < -0.39 is 5.91 Å². The highest BCUT2D eigenvalue weighted by molar-refractivity contribution is 6.04. The van der Waals surface area contributed by atoms with Gasteiger partial charge >= 0.3 is 0 Å². The van der Waals surface area contributed by atoms with Crippen molar-refractivity contribution in [2.75, 3.05) is 5.32 Å². The van der Waals surface area contributed by atoms with Crippen LogP contribution in [0, 0.1) is 26.7 Å². The summed E-state index contributed by atoms with van der Waals surface area (Å²) in [5, 5.41) is 2.57. The number of hydrogen-bond donors (Lipinski definition) is 2. The fourth-order valence-corrected chi connectivity index (χ4v) is 2.52. The number of rotatable bonds is 5. The lowest BCUT2D eigenvalue weighted by molar-refractivity contribution is 0.102. The second kappa shape index (κ2) is 7.51. The van der Waals surface area contributed by atoms with Gasteiger partial charge in [-0.25, -0.2) is 0 Å². The number of carbonyl (C=O) groups excluding carboxylic acids is 1. The van der Waals surface area contributed by atoms with Gasteiger partial charge in [0, 0.05) is 18.4 Å². The summed E-state index contributed by atoms with van der Waals surface area (Å²) < 4.78 is 1.55. The van der Waals surface area contributed by atoms with Crippen LogP contribution in [0.25, 0.3) is 0 Å². The van der Waals surface area contributed by atoms with Crippen molar-refractivity contribution in [2.24, 2.45) is 5.92 Å². The van der Waals surface area contributed by atoms with Gasteiger partial charge in [0.1, 0.15) is 11.3 Å². The highest BCUT2D eigenvalue weighted by atomic mass is 16.2. The van der Waals surface area contributed by atoms with Crippen LogP contribution in [0.15, 0.2) is 27.9 Å². The van der Waals surface area contributed by atoms with E-state index in [0.29, 0.717) is 18.0 Å². The summed E-state index contributed by atoms with van der Waals surface area (Å²) in [5.41, 5.74) is 1.68. The van der Waals surface area contributed by atoms with Crippen LogP contribution in [0.3, 0.4) is 0 Å². The van der Waals surface area contributed by atoms with Crippen LogP contribution in [-0.2, 0) is 6.54 Å². The van der Waals surface area contributed by atoms with Gasteiger partial charge in [-0.05, 0) is 56.4 Å². The molecule has 0 unspecified atom stereocenters. The van der Waals surface area contributed by atoms with Crippen molar-refractivity contribution >= 4 is 11.6 Å². The van der Waals surface area contributed by atoms with E-state index >= 15 is 0 Å². The standard InChI is InChI=1S/C19H25N3O3/c1-11(2)6-8-22-9-7-12(3)16(19(22)25)18(24)21-15-10-13(4)14(5)20-17(15)23/h7,9-11H,6,8H2,1-5H3,(H,20,23)(H,21,24). The van der Waals surface area contributed by atoms with Crippen molar-refractivity contribution in [3.63, 3.8) is 0 Å². The van der Waals surface area contributed by atoms with Crippen LogP contribution >= 0.6 is 0 Å². The molecule has 0 aromatic carbocycles. The van der Waals surface area contributed by atoms with Crippen LogP contribution in [0.1, 0.15) is 47.4 Å². The van der Waals surface area contributed by atoms with Gasteiger partial charge in [0.05, 0.1) is 0 Å². The predicted octanol–water partition coefficient (Wildman–Crippen LogP) is 2.76. The maximum atomic E-state index is 12.7. The number of carbonyl (C=O) groups is 1. The SMILES string of the molecule is Cc1cc(NC(=O)c2c(C)ccn(CCC(C)C)c2=O)c(=O)[nH]c1C. The van der Waals surface area contributed by atoms with Gasteiger partial charge < -0.3 is 14.9 Å². The average molecular weight is 343 g/mol. The smallest absolute Gasteiger partial charge is 0.271 e. The lowest BCUT2D eigenvalue weighted by atomic mass is 10.1. The molecule has 0 fully saturated rings. The Morgan fingerprint density at radius 1 is 1.20 bits per heavy atom. The Morgan fingerprint density at radius 3 is 2.52 bits per heavy atom. The maximum absolute atomic E-state index is 12.7. The maximum Gasteiger partial charge on any atom is 0.271 e. The molecule has 0 aliphatic heterocycles. The van der Waals surface area contributed by atoms with Gasteiger partial charge in [0.2, 0.25) is 0 Å². The van der Waals surface area contributed by atoms with Crippen molar-refractivity contribution in [2.45, 2.75) is 47.6 Å². The summed E-state index contributed by atoms with van der Waals surface area (Å²) >= 11 is 0. The Balaban J connectivity index is 2.36. The van der Waals surface area contributed by atoms with E-state index in [1.807, 2.05) is 6.92 Å². The zero-order chi connectivity index (χ0) is 18.7. The van der Waals surface area contributed by atoms with Crippen molar-refractivity contribution in [3.05, 3.63) is 61.4 Å². The van der Waals surface area contributed by atoms with Crippen LogP contribution in [-0.4, -0.2) is 15.5 Å². The fraction of sp³-hybridized carbons (Fsp3) is 0.421. The van der Waals surface area contributed by atoms with E-state index in [9.17, 15) is 14.4 Å². The van der Waals surface area contributed by atoms with E-state index in [2.05, 4.69) is 24.1 Å². The molecule has 2 heterocycles. The molecule has 1 amide bonds. The largest absolute Gasteiger partial charge is 0.324 e. The first-order valence-corrected chi connectivity index (χ1v) is 8.42. The second-order valence-electron chi connectivity index (χ2n) is 6.83. The molecule has 2 aromatic heterocycles. The molecule has 134 valence electrons. The third-order valence-corrected chi connectivity index (χ3v) is 4.29. The van der Waals surface area contributed by atoms with E-state index in [1.54, 1.807) is 36.7 Å². The molecular formula is C19H25N3O3. The first-order chi connectivity index (χ1) is 11.7. The highest BCUT2D eigenvalue weighted by Gasteiger charge is 2.17. The number of nitrogens with one attached hydrogen (secondary N) is 2. The normalized spacial score (nSPS) is 11.0. The van der Waals surface area contributed by atoms with Crippen LogP contribution in [0.5, 0.6) is 0 Å². The first-order valence-electron chi connectivity index (χ1n) is 8.42. The number of aromatic nitrogens is 2. The zero-order valence-electron chi connectivity index (χ0n) is 15.4. The van der Waals surface area contributed by atoms with E-state index in [4.69, 9.17) is 0 Å². The molecule has 0 aliphatic rings. The molecule has 0 saturated heterocycles. The van der Waals surface area contributed by atoms with Crippen molar-refractivity contribution < 1.29 is 4.79 Å². The molecule has 0 saturated carbocycles. The molecule has 0 bridgehead atoms. The Labute approximate surface area is 146 Å². The summed E-state index contributed by atoms with van der Waals surface area (Å²) in [7, 11) is 0. The zero-order valence-corrected chi connectivity index (χ0v) is 15.4. The van der Waals surface area contributed by atoms with Crippen LogP contribution < -0.4 is 16.4 Å². The van der Waals surface area contributed by atoms with Gasteiger partial charge in [0.25, 0.3) is 17.0 Å². The van der Waals surface area contributed by atoms with Gasteiger partial charge in [-0.15, -0.1) is 0 Å². The number of aromatic amines is 1. The fourth-order valence-electron chi connectivity index (χ4n) is 2.52. The molecule has 6 heteroatoms. The topological polar surface area (TPSA) is 84.0 Å². The molecular weight excluding hydrogens is 318 g/mol. The summed E-state index contributed by atoms with van der Waals surface area (Å²) in [6.45, 7) is 10.1. The van der Waals surface area contributed by atoms with Crippen molar-refractivity contribution in [1.82, 2.24) is 9.55 Å². The minimum atomic E-state index is -0.560. The van der Waals surface area contributed by atoms with Gasteiger partial charge in [0.15, 0.2) is 0 Å². The molecule has 6 nitrogen and oxygen atoms in total. The monoisotopic (exact) mass is 343 g/mol. The lowest BCUT2D eigenvalue weighted by Gasteiger charge is -2.12. The number of amides is 1. The van der Waals surface area contributed by atoms with Gasteiger partial charge in [-0.3, -0.25) is 14.4 Å². The van der Waals surface area contributed by atoms with Gasteiger partial charge in [-0.2, -0.15) is 0 Å². The number of hydrogen-bond acceptors (Lipinski definition) is 3. The molecule has 0 spiro atoms. The van der Waals surface area contributed by atoms with Crippen molar-refractivity contribution in [3.8, 4) is 0 Å². The number of pyridine rings is 2. The van der Waals surface area contributed by atoms with Crippen molar-refractivity contribution in [1.29, 1.82) is 0 Å². The molecule has 2 N–H and O–H groups in total. The predicted molar refractivity (Wildman–Crippen MR) is 99.4 cm³/mol. The Kier molecular flexibility index (Phi) is 5.62. The average Bonchev–Trinajstić information content (AvgIpc) is 2.51. The summed E-state index contributed by atoms with van der Waals surface area (Å²) in [4.78, 5) is 40.0. The highest BCUT2D eigenvalue weighted by Crippen LogP contribution is 2.10. The Morgan fingerprint density at radius 2 is 1.88 bits per heavy atom. The van der Waals surface area contributed by atoms with E-state index in [-0.39, 0.29) is 22.4 Å². The number of nitrogens with zero attached hydrogens (tertiary/aromatic N) is 1. The third-order valence-electron chi connectivity index (χ3n) is 4.29. The first kappa shape index (κ1) is 18.7. The quantitative estimate of drug-likeness (QED) is 0.875. The molecule has 0 atom stereocenters. The number of H-pyrrole nitrogens is 1.